The largest absolute Gasteiger partial charge is 0.399 e. The summed E-state index contributed by atoms with van der Waals surface area (Å²) in [5.41, 5.74) is 21.0. The van der Waals surface area contributed by atoms with Crippen LogP contribution in [-0.2, 0) is 0 Å². The predicted octanol–water partition coefficient (Wildman–Crippen LogP) is 9.19. The Kier molecular flexibility index (Phi) is 27.6. The van der Waals surface area contributed by atoms with Crippen LogP contribution in [0.5, 0.6) is 0 Å². The Morgan fingerprint density at radius 1 is 0.800 bits per heavy atom. The molecule has 0 radical (unpaired) electrons. The van der Waals surface area contributed by atoms with Crippen LogP contribution in [0, 0.1) is 0 Å². The van der Waals surface area contributed by atoms with E-state index in [9.17, 15) is 0 Å². The van der Waals surface area contributed by atoms with Gasteiger partial charge in [-0.25, -0.2) is 4.99 Å². The highest BCUT2D eigenvalue weighted by Gasteiger charge is 1.79. The fourth-order valence-electron chi connectivity index (χ4n) is 1.79. The lowest BCUT2D eigenvalue weighted by atomic mass is 10.3. The van der Waals surface area contributed by atoms with E-state index in [4.69, 9.17) is 17.0 Å². The molecule has 0 unspecified atom stereocenters. The Labute approximate surface area is 225 Å². The van der Waals surface area contributed by atoms with Crippen LogP contribution in [0.15, 0.2) is 132 Å². The summed E-state index contributed by atoms with van der Waals surface area (Å²) in [5.74, 6) is 2.67. The van der Waals surface area contributed by atoms with Crippen molar-refractivity contribution in [2.45, 2.75) is 13.8 Å². The maximum atomic E-state index is 7.98. The minimum atomic E-state index is 0.653. The maximum absolute atomic E-state index is 7.98. The van der Waals surface area contributed by atoms with Gasteiger partial charge in [0.1, 0.15) is 0 Å². The fraction of sp³-hybridized carbons (Fsp3) is 0.111. The summed E-state index contributed by atoms with van der Waals surface area (Å²) < 4.78 is 0. The monoisotopic (exact) mass is 600 g/mol. The first-order valence-electron chi connectivity index (χ1n) is 10.6. The van der Waals surface area contributed by atoms with E-state index in [0.717, 1.165) is 11.4 Å². The molecule has 3 aromatic rings. The van der Waals surface area contributed by atoms with Crippen molar-refractivity contribution >= 4 is 53.1 Å². The number of nitrogens with two attached hydrogens (primary N) is 2. The summed E-state index contributed by atoms with van der Waals surface area (Å²) in [4.78, 5) is 6.35. The average Bonchev–Trinajstić information content (AvgIpc) is 3.22. The first-order valence-corrected chi connectivity index (χ1v) is 14.4. The van der Waals surface area contributed by atoms with Crippen molar-refractivity contribution in [2.24, 2.45) is 10.1 Å². The molecule has 184 valence electrons. The highest BCUT2D eigenvalue weighted by molar-refractivity contribution is 14.2. The molecule has 3 aromatic carbocycles. The van der Waals surface area contributed by atoms with Gasteiger partial charge < -0.3 is 11.5 Å². The summed E-state index contributed by atoms with van der Waals surface area (Å²) in [6, 6.07) is 28.0. The normalized spacial score (nSPS) is 9.14. The Balaban J connectivity index is 0. The second kappa shape index (κ2) is 28.6. The number of aliphatic imine (C=N–C) groups is 1. The number of rotatable bonds is 1. The number of azide groups is 1. The highest BCUT2D eigenvalue weighted by atomic mass is 127. The predicted molar refractivity (Wildman–Crippen MR) is 166 cm³/mol. The molecule has 1 heterocycles. The van der Waals surface area contributed by atoms with Crippen molar-refractivity contribution < 1.29 is 0 Å². The molecule has 35 heavy (non-hydrogen) atoms. The number of benzene rings is 3. The number of para-hydroxylation sites is 2. The Morgan fingerprint density at radius 2 is 1.23 bits per heavy atom. The molecule has 0 amide bonds. The minimum Gasteiger partial charge on any atom is -0.399 e. The zero-order valence-electron chi connectivity index (χ0n) is 20.3. The Bertz CT molecular complexity index is 960. The van der Waals surface area contributed by atoms with Gasteiger partial charge in [-0.3, -0.25) is 0 Å². The van der Waals surface area contributed by atoms with Crippen molar-refractivity contribution in [3.05, 3.63) is 132 Å². The minimum absolute atomic E-state index is 0.653. The molecule has 0 saturated carbocycles. The van der Waals surface area contributed by atoms with Gasteiger partial charge in [0, 0.05) is 28.2 Å². The number of nitrogens with zero attached hydrogens (tertiary/aromatic N) is 4. The third-order valence-corrected chi connectivity index (χ3v) is 3.14. The quantitative estimate of drug-likeness (QED) is 0.0954. The van der Waals surface area contributed by atoms with Gasteiger partial charge in [-0.05, 0) is 75.3 Å². The second-order valence-corrected chi connectivity index (χ2v) is 8.60. The number of hydrogen-bond acceptors (Lipinski definition) is 5. The van der Waals surface area contributed by atoms with Gasteiger partial charge in [-0.2, -0.15) is 0 Å². The zero-order chi connectivity index (χ0) is 26.4. The Morgan fingerprint density at radius 3 is 1.60 bits per heavy atom. The van der Waals surface area contributed by atoms with E-state index < -0.39 is 0 Å². The maximum Gasteiger partial charge on any atom is 0.0375 e. The van der Waals surface area contributed by atoms with Crippen molar-refractivity contribution in [3.8, 4) is 0 Å². The molecular formula is C27H33IN6S. The Hall–Kier alpha value is -3.42. The lowest BCUT2D eigenvalue weighted by molar-refractivity contribution is 1.48. The first kappa shape index (κ1) is 33.8. The van der Waals surface area contributed by atoms with E-state index in [2.05, 4.69) is 42.1 Å². The molecule has 0 saturated heterocycles. The van der Waals surface area contributed by atoms with Crippen molar-refractivity contribution in [3.63, 3.8) is 0 Å². The van der Waals surface area contributed by atoms with Gasteiger partial charge in [-0.15, -0.1) is 0 Å². The summed E-state index contributed by atoms with van der Waals surface area (Å²) in [6.07, 6.45) is 11.1. The average molecular weight is 601 g/mol. The van der Waals surface area contributed by atoms with Gasteiger partial charge >= 0.3 is 0 Å². The number of hydrogen-bond donors (Lipinski definition) is 2. The van der Waals surface area contributed by atoms with Crippen molar-refractivity contribution in [1.29, 1.82) is 0 Å². The molecule has 0 fully saturated rings. The molecule has 0 aromatic heterocycles. The van der Waals surface area contributed by atoms with Crippen LogP contribution in [-0.4, -0.2) is 12.1 Å². The standard InChI is InChI=1S/C6H5N3.C6H5N.2C6H7N.C2H6.CH3IS/c7-9-8-6-4-2-1-3-5-6;1-2-4-6-7-5-3-1;2*7-6-4-2-1-3-5-6;1-2;1-3-2/h1-5H;1-5H;2*1-5H,7H2;1-2H3;1H3. The molecule has 0 spiro atoms. The summed E-state index contributed by atoms with van der Waals surface area (Å²) in [7, 11) is 1.72. The molecule has 0 aliphatic carbocycles. The molecule has 1 aliphatic rings. The van der Waals surface area contributed by atoms with E-state index in [1.54, 1.807) is 33.3 Å². The van der Waals surface area contributed by atoms with Gasteiger partial charge in [0.15, 0.2) is 0 Å². The highest BCUT2D eigenvalue weighted by Crippen LogP contribution is 2.08. The lowest BCUT2D eigenvalue weighted by Gasteiger charge is -1.83. The third-order valence-electron chi connectivity index (χ3n) is 3.14. The molecule has 6 nitrogen and oxygen atoms in total. The molecule has 8 heteroatoms. The summed E-state index contributed by atoms with van der Waals surface area (Å²) >= 11 is 2.20. The summed E-state index contributed by atoms with van der Waals surface area (Å²) in [5, 5.41) is 3.39. The van der Waals surface area contributed by atoms with Crippen LogP contribution in [0.1, 0.15) is 13.8 Å². The zero-order valence-corrected chi connectivity index (χ0v) is 23.3. The molecule has 4 rings (SSSR count). The van der Waals surface area contributed by atoms with Crippen molar-refractivity contribution in [1.82, 2.24) is 0 Å². The van der Waals surface area contributed by atoms with Crippen LogP contribution < -0.4 is 11.5 Å². The number of anilines is 2. The first-order chi connectivity index (χ1) is 17.1. The third kappa shape index (κ3) is 26.7. The van der Waals surface area contributed by atoms with E-state index in [-0.39, 0.29) is 0 Å². The van der Waals surface area contributed by atoms with Crippen LogP contribution in [0.25, 0.3) is 10.4 Å². The van der Waals surface area contributed by atoms with Crippen LogP contribution in [0.3, 0.4) is 0 Å². The van der Waals surface area contributed by atoms with E-state index in [0.29, 0.717) is 5.69 Å². The van der Waals surface area contributed by atoms with E-state index in [1.807, 2.05) is 117 Å². The van der Waals surface area contributed by atoms with Gasteiger partial charge in [-0.1, -0.05) is 107 Å². The number of nitrogen functional groups attached to an aromatic ring is 2. The fourth-order valence-corrected chi connectivity index (χ4v) is 1.79. The van der Waals surface area contributed by atoms with Crippen LogP contribution in [0.4, 0.5) is 17.1 Å². The van der Waals surface area contributed by atoms with Crippen molar-refractivity contribution in [2.75, 3.05) is 17.7 Å². The van der Waals surface area contributed by atoms with Gasteiger partial charge in [0.25, 0.3) is 0 Å². The van der Waals surface area contributed by atoms with Gasteiger partial charge in [0.05, 0.1) is 0 Å². The molecule has 0 bridgehead atoms. The van der Waals surface area contributed by atoms with Crippen LogP contribution >= 0.6 is 30.1 Å². The lowest BCUT2D eigenvalue weighted by Crippen LogP contribution is -1.79. The van der Waals surface area contributed by atoms with E-state index in [1.165, 1.54) is 0 Å². The summed E-state index contributed by atoms with van der Waals surface area (Å²) in [6.45, 7) is 4.00. The second-order valence-electron chi connectivity index (χ2n) is 5.65. The SMILES string of the molecule is C1=CC=CC=CN=1.CC.CSI.Nc1ccccc1.Nc1ccccc1.[N-]=[N+]=Nc1ccccc1. The molecule has 1 aliphatic heterocycles. The van der Waals surface area contributed by atoms with Crippen LogP contribution in [0.2, 0.25) is 0 Å². The molecular weight excluding hydrogens is 567 g/mol. The number of halogens is 1. The molecule has 0 atom stereocenters. The topological polar surface area (TPSA) is 113 Å². The number of allylic oxidation sites excluding steroid dienone is 4. The smallest absolute Gasteiger partial charge is 0.0375 e. The molecule has 4 N–H and O–H groups in total. The van der Waals surface area contributed by atoms with E-state index >= 15 is 0 Å². The van der Waals surface area contributed by atoms with Gasteiger partial charge in [0.2, 0.25) is 0 Å².